The lowest BCUT2D eigenvalue weighted by atomic mass is 10.3. The fraction of sp³-hybridized carbons (Fsp3) is 0.143. The molecule has 0 unspecified atom stereocenters. The molecule has 0 amide bonds. The Morgan fingerprint density at radius 3 is 3.20 bits per heavy atom. The third-order valence-corrected chi connectivity index (χ3v) is 1.15. The normalized spacial score (nSPS) is 10.5. The summed E-state index contributed by atoms with van der Waals surface area (Å²) in [5.41, 5.74) is 0.970. The molecule has 0 fully saturated rings. The van der Waals surface area contributed by atoms with Crippen molar-refractivity contribution in [1.82, 2.24) is 10.2 Å². The van der Waals surface area contributed by atoms with Gasteiger partial charge in [0.15, 0.2) is 5.82 Å². The summed E-state index contributed by atoms with van der Waals surface area (Å²) in [5.74, 6) is 0.720. The van der Waals surface area contributed by atoms with E-state index < -0.39 is 0 Å². The first-order chi connectivity index (χ1) is 4.88. The Morgan fingerprint density at radius 1 is 1.80 bits per heavy atom. The number of nitrogens with zero attached hydrogens (tertiary/aromatic N) is 2. The van der Waals surface area contributed by atoms with E-state index in [2.05, 4.69) is 21.9 Å². The maximum absolute atomic E-state index is 3.80. The van der Waals surface area contributed by atoms with Gasteiger partial charge in [0.25, 0.3) is 0 Å². The summed E-state index contributed by atoms with van der Waals surface area (Å²) in [7, 11) is 0. The molecule has 0 bridgehead atoms. The van der Waals surface area contributed by atoms with Crippen LogP contribution in [-0.4, -0.2) is 16.9 Å². The van der Waals surface area contributed by atoms with Crippen molar-refractivity contribution in [3.63, 3.8) is 0 Å². The highest BCUT2D eigenvalue weighted by Gasteiger charge is 1.95. The summed E-state index contributed by atoms with van der Waals surface area (Å²) < 4.78 is 0. The van der Waals surface area contributed by atoms with Gasteiger partial charge >= 0.3 is 0 Å². The zero-order valence-electron chi connectivity index (χ0n) is 5.83. The number of rotatable bonds is 2. The molecule has 0 aliphatic carbocycles. The number of nitrogens with one attached hydrogen (secondary N) is 1. The van der Waals surface area contributed by atoms with Gasteiger partial charge in [-0.3, -0.25) is 5.10 Å². The van der Waals surface area contributed by atoms with Gasteiger partial charge in [0, 0.05) is 5.56 Å². The summed E-state index contributed by atoms with van der Waals surface area (Å²) in [6.45, 7) is 5.34. The summed E-state index contributed by atoms with van der Waals surface area (Å²) in [4.78, 5) is 3.73. The lowest BCUT2D eigenvalue weighted by molar-refractivity contribution is 1.08. The van der Waals surface area contributed by atoms with Crippen molar-refractivity contribution in [2.75, 3.05) is 0 Å². The predicted octanol–water partition coefficient (Wildman–Crippen LogP) is 1.77. The molecule has 0 aliphatic rings. The average Bonchev–Trinajstić information content (AvgIpc) is 2.36. The van der Waals surface area contributed by atoms with Crippen molar-refractivity contribution >= 4 is 18.6 Å². The zero-order chi connectivity index (χ0) is 7.40. The lowest BCUT2D eigenvalue weighted by Crippen LogP contribution is -1.65. The highest BCUT2D eigenvalue weighted by Crippen LogP contribution is 2.14. The van der Waals surface area contributed by atoms with Crippen molar-refractivity contribution in [3.05, 3.63) is 17.8 Å². The van der Waals surface area contributed by atoms with Crippen LogP contribution in [0.3, 0.4) is 0 Å². The third-order valence-electron chi connectivity index (χ3n) is 1.15. The lowest BCUT2D eigenvalue weighted by Gasteiger charge is -1.85. The van der Waals surface area contributed by atoms with Crippen LogP contribution in [0, 0.1) is 0 Å². The molecule has 3 nitrogen and oxygen atoms in total. The van der Waals surface area contributed by atoms with Crippen LogP contribution in [-0.2, 0) is 0 Å². The molecule has 0 atom stereocenters. The first kappa shape index (κ1) is 6.74. The van der Waals surface area contributed by atoms with Gasteiger partial charge in [-0.1, -0.05) is 12.2 Å². The second-order valence-corrected chi connectivity index (χ2v) is 1.83. The molecule has 1 heterocycles. The van der Waals surface area contributed by atoms with E-state index in [0.717, 1.165) is 11.4 Å². The van der Waals surface area contributed by atoms with E-state index in [1.165, 1.54) is 0 Å². The highest BCUT2D eigenvalue weighted by atomic mass is 15.2. The Hall–Kier alpha value is -1.38. The number of allylic oxidation sites excluding steroid dienone is 1. The van der Waals surface area contributed by atoms with Crippen LogP contribution in [0.4, 0.5) is 5.82 Å². The van der Waals surface area contributed by atoms with E-state index >= 15 is 0 Å². The van der Waals surface area contributed by atoms with Crippen molar-refractivity contribution in [2.24, 2.45) is 4.99 Å². The standard InChI is InChI=1S/C7H9N3/c1-3-4-6-5-9-10-7(6)8-2/h3-5H,2H2,1H3,(H,9,10). The second kappa shape index (κ2) is 2.96. The summed E-state index contributed by atoms with van der Waals surface area (Å²) >= 11 is 0. The van der Waals surface area contributed by atoms with E-state index in [4.69, 9.17) is 0 Å². The minimum absolute atomic E-state index is 0.720. The van der Waals surface area contributed by atoms with Crippen molar-refractivity contribution < 1.29 is 0 Å². The molecule has 0 saturated carbocycles. The quantitative estimate of drug-likeness (QED) is 0.617. The molecule has 0 aromatic carbocycles. The average molecular weight is 135 g/mol. The number of H-pyrrole nitrogens is 1. The SMILES string of the molecule is C=Nc1[nH]ncc1C=CC. The fourth-order valence-electron chi connectivity index (χ4n) is 0.717. The molecule has 3 heteroatoms. The Balaban J connectivity index is 3.00. The van der Waals surface area contributed by atoms with Crippen LogP contribution < -0.4 is 0 Å². The maximum Gasteiger partial charge on any atom is 0.154 e. The molecule has 0 spiro atoms. The van der Waals surface area contributed by atoms with E-state index in [1.54, 1.807) is 6.20 Å². The monoisotopic (exact) mass is 135 g/mol. The Bertz CT molecular complexity index is 247. The first-order valence-corrected chi connectivity index (χ1v) is 3.01. The van der Waals surface area contributed by atoms with Crippen LogP contribution >= 0.6 is 0 Å². The number of aromatic amines is 1. The maximum atomic E-state index is 3.80. The Labute approximate surface area is 59.5 Å². The summed E-state index contributed by atoms with van der Waals surface area (Å²) in [6, 6.07) is 0. The number of hydrogen-bond donors (Lipinski definition) is 1. The van der Waals surface area contributed by atoms with E-state index in [1.807, 2.05) is 19.1 Å². The van der Waals surface area contributed by atoms with Crippen LogP contribution in [0.2, 0.25) is 0 Å². The smallest absolute Gasteiger partial charge is 0.154 e. The van der Waals surface area contributed by atoms with E-state index in [-0.39, 0.29) is 0 Å². The topological polar surface area (TPSA) is 41.0 Å². The van der Waals surface area contributed by atoms with E-state index in [0.29, 0.717) is 0 Å². The third kappa shape index (κ3) is 1.13. The van der Waals surface area contributed by atoms with Gasteiger partial charge in [-0.15, -0.1) is 0 Å². The van der Waals surface area contributed by atoms with E-state index in [9.17, 15) is 0 Å². The second-order valence-electron chi connectivity index (χ2n) is 1.83. The molecule has 1 N–H and O–H groups in total. The van der Waals surface area contributed by atoms with Crippen LogP contribution in [0.25, 0.3) is 6.08 Å². The molecule has 1 aromatic rings. The van der Waals surface area contributed by atoms with Crippen LogP contribution in [0.15, 0.2) is 17.3 Å². The molecule has 52 valence electrons. The van der Waals surface area contributed by atoms with Gasteiger partial charge in [-0.05, 0) is 13.6 Å². The summed E-state index contributed by atoms with van der Waals surface area (Å²) in [5, 5.41) is 6.51. The Kier molecular flexibility index (Phi) is 1.99. The first-order valence-electron chi connectivity index (χ1n) is 3.01. The summed E-state index contributed by atoms with van der Waals surface area (Å²) in [6.07, 6.45) is 5.57. The van der Waals surface area contributed by atoms with Gasteiger partial charge in [0.1, 0.15) is 0 Å². The molecule has 1 rings (SSSR count). The molecule has 10 heavy (non-hydrogen) atoms. The highest BCUT2D eigenvalue weighted by molar-refractivity contribution is 5.61. The Morgan fingerprint density at radius 2 is 2.60 bits per heavy atom. The van der Waals surface area contributed by atoms with Crippen LogP contribution in [0.1, 0.15) is 12.5 Å². The number of aliphatic imine (C=N–C) groups is 1. The number of aromatic nitrogens is 2. The van der Waals surface area contributed by atoms with Gasteiger partial charge in [-0.25, -0.2) is 4.99 Å². The zero-order valence-corrected chi connectivity index (χ0v) is 5.83. The molecular formula is C7H9N3. The fourth-order valence-corrected chi connectivity index (χ4v) is 0.717. The van der Waals surface area contributed by atoms with Crippen molar-refractivity contribution in [2.45, 2.75) is 6.92 Å². The van der Waals surface area contributed by atoms with Crippen LogP contribution in [0.5, 0.6) is 0 Å². The van der Waals surface area contributed by atoms with Crippen molar-refractivity contribution in [3.8, 4) is 0 Å². The van der Waals surface area contributed by atoms with Gasteiger partial charge in [-0.2, -0.15) is 5.10 Å². The van der Waals surface area contributed by atoms with Gasteiger partial charge in [0.2, 0.25) is 0 Å². The molecule has 0 radical (unpaired) electrons. The van der Waals surface area contributed by atoms with Crippen molar-refractivity contribution in [1.29, 1.82) is 0 Å². The predicted molar refractivity (Wildman–Crippen MR) is 42.5 cm³/mol. The number of hydrogen-bond acceptors (Lipinski definition) is 2. The molecular weight excluding hydrogens is 126 g/mol. The van der Waals surface area contributed by atoms with Gasteiger partial charge < -0.3 is 0 Å². The minimum Gasteiger partial charge on any atom is -0.261 e. The van der Waals surface area contributed by atoms with Gasteiger partial charge in [0.05, 0.1) is 6.20 Å². The minimum atomic E-state index is 0.720. The molecule has 0 aliphatic heterocycles. The molecule has 0 saturated heterocycles. The largest absolute Gasteiger partial charge is 0.261 e. The molecule has 1 aromatic heterocycles.